The van der Waals surface area contributed by atoms with Crippen molar-refractivity contribution in [1.29, 1.82) is 0 Å². The van der Waals surface area contributed by atoms with Gasteiger partial charge in [-0.2, -0.15) is 0 Å². The highest BCUT2D eigenvalue weighted by molar-refractivity contribution is 5.94. The van der Waals surface area contributed by atoms with Crippen molar-refractivity contribution in [2.75, 3.05) is 47.5 Å². The Kier molecular flexibility index (Phi) is 9.23. The number of amides is 1. The van der Waals surface area contributed by atoms with Crippen molar-refractivity contribution >= 4 is 11.9 Å². The van der Waals surface area contributed by atoms with Gasteiger partial charge in [0, 0.05) is 46.0 Å². The molecule has 128 valence electrons. The van der Waals surface area contributed by atoms with E-state index in [0.29, 0.717) is 31.2 Å². The number of ether oxygens (including phenoxy) is 2. The minimum absolute atomic E-state index is 0.113. The quantitative estimate of drug-likeness (QED) is 0.353. The molecule has 1 aromatic rings. The van der Waals surface area contributed by atoms with Gasteiger partial charge in [0.05, 0.1) is 7.11 Å². The van der Waals surface area contributed by atoms with Crippen LogP contribution >= 0.6 is 0 Å². The lowest BCUT2D eigenvalue weighted by Gasteiger charge is -2.12. The van der Waals surface area contributed by atoms with Crippen LogP contribution in [0.1, 0.15) is 16.8 Å². The number of aliphatic imine (C=N–C) groups is 1. The van der Waals surface area contributed by atoms with Gasteiger partial charge in [0.25, 0.3) is 5.91 Å². The van der Waals surface area contributed by atoms with Crippen molar-refractivity contribution in [3.8, 4) is 5.75 Å². The summed E-state index contributed by atoms with van der Waals surface area (Å²) in [6.45, 7) is 2.59. The van der Waals surface area contributed by atoms with E-state index in [2.05, 4.69) is 20.9 Å². The lowest BCUT2D eigenvalue weighted by Crippen LogP contribution is -2.42. The zero-order valence-corrected chi connectivity index (χ0v) is 14.0. The van der Waals surface area contributed by atoms with Crippen molar-refractivity contribution in [3.63, 3.8) is 0 Å². The van der Waals surface area contributed by atoms with Crippen molar-refractivity contribution in [2.45, 2.75) is 6.42 Å². The molecule has 0 saturated heterocycles. The predicted molar refractivity (Wildman–Crippen MR) is 91.2 cm³/mol. The van der Waals surface area contributed by atoms with Crippen molar-refractivity contribution in [2.24, 2.45) is 4.99 Å². The molecule has 1 amide bonds. The summed E-state index contributed by atoms with van der Waals surface area (Å²) in [5.41, 5.74) is 0.605. The Morgan fingerprint density at radius 3 is 2.30 bits per heavy atom. The maximum absolute atomic E-state index is 12.0. The maximum atomic E-state index is 12.0. The number of carbonyl (C=O) groups excluding carboxylic acids is 1. The second kappa shape index (κ2) is 11.3. The molecule has 1 rings (SSSR count). The molecule has 0 radical (unpaired) electrons. The number of hydrogen-bond donors (Lipinski definition) is 3. The zero-order valence-electron chi connectivity index (χ0n) is 14.0. The molecule has 0 aliphatic rings. The number of hydrogen-bond acceptors (Lipinski definition) is 4. The van der Waals surface area contributed by atoms with Crippen LogP contribution in [0.25, 0.3) is 0 Å². The lowest BCUT2D eigenvalue weighted by molar-refractivity contribution is 0.0954. The minimum Gasteiger partial charge on any atom is -0.497 e. The summed E-state index contributed by atoms with van der Waals surface area (Å²) in [5, 5.41) is 9.15. The van der Waals surface area contributed by atoms with E-state index in [1.54, 1.807) is 45.5 Å². The largest absolute Gasteiger partial charge is 0.497 e. The van der Waals surface area contributed by atoms with Crippen LogP contribution in [0.2, 0.25) is 0 Å². The molecule has 0 atom stereocenters. The Hall–Kier alpha value is -2.28. The second-order valence-corrected chi connectivity index (χ2v) is 4.76. The maximum Gasteiger partial charge on any atom is 0.251 e. The lowest BCUT2D eigenvalue weighted by atomic mass is 10.2. The van der Waals surface area contributed by atoms with E-state index in [0.717, 1.165) is 18.7 Å². The number of rotatable bonds is 9. The van der Waals surface area contributed by atoms with Gasteiger partial charge in [0.1, 0.15) is 5.75 Å². The summed E-state index contributed by atoms with van der Waals surface area (Å²) < 4.78 is 10.0. The van der Waals surface area contributed by atoms with Crippen LogP contribution in [0.4, 0.5) is 0 Å². The Morgan fingerprint density at radius 1 is 1.04 bits per heavy atom. The molecule has 0 heterocycles. The van der Waals surface area contributed by atoms with Gasteiger partial charge in [-0.15, -0.1) is 0 Å². The van der Waals surface area contributed by atoms with Crippen molar-refractivity contribution in [1.82, 2.24) is 16.0 Å². The fourth-order valence-corrected chi connectivity index (χ4v) is 1.85. The summed E-state index contributed by atoms with van der Waals surface area (Å²) in [5.74, 6) is 1.32. The molecule has 3 N–H and O–H groups in total. The molecule has 1 aromatic carbocycles. The third kappa shape index (κ3) is 7.51. The first-order valence-electron chi connectivity index (χ1n) is 7.57. The van der Waals surface area contributed by atoms with Gasteiger partial charge in [-0.25, -0.2) is 0 Å². The Morgan fingerprint density at radius 2 is 1.70 bits per heavy atom. The van der Waals surface area contributed by atoms with Crippen molar-refractivity contribution in [3.05, 3.63) is 29.8 Å². The SMILES string of the molecule is CN=C(NCCCOC)NCCNC(=O)c1ccc(OC)cc1. The molecule has 23 heavy (non-hydrogen) atoms. The van der Waals surface area contributed by atoms with E-state index < -0.39 is 0 Å². The van der Waals surface area contributed by atoms with E-state index in [-0.39, 0.29) is 5.91 Å². The smallest absolute Gasteiger partial charge is 0.251 e. The van der Waals surface area contributed by atoms with Gasteiger partial charge >= 0.3 is 0 Å². The van der Waals surface area contributed by atoms with E-state index in [4.69, 9.17) is 9.47 Å². The topological polar surface area (TPSA) is 84.0 Å². The molecular weight excluding hydrogens is 296 g/mol. The minimum atomic E-state index is -0.113. The summed E-state index contributed by atoms with van der Waals surface area (Å²) in [6.07, 6.45) is 0.908. The highest BCUT2D eigenvalue weighted by Gasteiger charge is 2.04. The van der Waals surface area contributed by atoms with E-state index in [9.17, 15) is 4.79 Å². The zero-order chi connectivity index (χ0) is 16.9. The summed E-state index contributed by atoms with van der Waals surface area (Å²) in [4.78, 5) is 16.1. The predicted octanol–water partition coefficient (Wildman–Crippen LogP) is 0.627. The molecule has 0 aromatic heterocycles. The average molecular weight is 322 g/mol. The summed E-state index contributed by atoms with van der Waals surface area (Å²) in [7, 11) is 4.98. The molecule has 0 aliphatic heterocycles. The van der Waals surface area contributed by atoms with Crippen LogP contribution in [0.15, 0.2) is 29.3 Å². The third-order valence-electron chi connectivity index (χ3n) is 3.10. The van der Waals surface area contributed by atoms with Crippen LogP contribution in [0.3, 0.4) is 0 Å². The normalized spacial score (nSPS) is 11.0. The summed E-state index contributed by atoms with van der Waals surface area (Å²) in [6, 6.07) is 6.99. The number of guanidine groups is 1. The molecule has 0 fully saturated rings. The van der Waals surface area contributed by atoms with E-state index >= 15 is 0 Å². The van der Waals surface area contributed by atoms with Gasteiger partial charge in [-0.3, -0.25) is 9.79 Å². The Bertz CT molecular complexity index is 489. The van der Waals surface area contributed by atoms with E-state index in [1.807, 2.05) is 0 Å². The van der Waals surface area contributed by atoms with Gasteiger partial charge in [0.15, 0.2) is 5.96 Å². The molecule has 0 saturated carbocycles. The van der Waals surface area contributed by atoms with Gasteiger partial charge in [-0.1, -0.05) is 0 Å². The van der Waals surface area contributed by atoms with Gasteiger partial charge < -0.3 is 25.4 Å². The monoisotopic (exact) mass is 322 g/mol. The standard InChI is InChI=1S/C16H26N4O3/c1-17-16(19-9-4-12-22-2)20-11-10-18-15(21)13-5-7-14(23-3)8-6-13/h5-8H,4,9-12H2,1-3H3,(H,18,21)(H2,17,19,20). The van der Waals surface area contributed by atoms with Crippen LogP contribution in [-0.2, 0) is 4.74 Å². The number of benzene rings is 1. The molecule has 0 spiro atoms. The average Bonchev–Trinajstić information content (AvgIpc) is 2.60. The molecular formula is C16H26N4O3. The first-order valence-corrected chi connectivity index (χ1v) is 7.57. The summed E-state index contributed by atoms with van der Waals surface area (Å²) >= 11 is 0. The first-order chi connectivity index (χ1) is 11.2. The van der Waals surface area contributed by atoms with E-state index in [1.165, 1.54) is 0 Å². The van der Waals surface area contributed by atoms with Crippen LogP contribution in [0, 0.1) is 0 Å². The molecule has 0 aliphatic carbocycles. The number of nitrogens with zero attached hydrogens (tertiary/aromatic N) is 1. The van der Waals surface area contributed by atoms with Gasteiger partial charge in [0.2, 0.25) is 0 Å². The highest BCUT2D eigenvalue weighted by Crippen LogP contribution is 2.10. The molecule has 0 bridgehead atoms. The molecule has 0 unspecified atom stereocenters. The molecule has 7 nitrogen and oxygen atoms in total. The number of methoxy groups -OCH3 is 2. The van der Waals surface area contributed by atoms with Crippen LogP contribution < -0.4 is 20.7 Å². The third-order valence-corrected chi connectivity index (χ3v) is 3.10. The number of nitrogens with one attached hydrogen (secondary N) is 3. The Balaban J connectivity index is 2.23. The fourth-order valence-electron chi connectivity index (χ4n) is 1.85. The number of carbonyl (C=O) groups is 1. The highest BCUT2D eigenvalue weighted by atomic mass is 16.5. The second-order valence-electron chi connectivity index (χ2n) is 4.76. The Labute approximate surface area is 137 Å². The van der Waals surface area contributed by atoms with Gasteiger partial charge in [-0.05, 0) is 30.7 Å². The fraction of sp³-hybridized carbons (Fsp3) is 0.500. The molecule has 7 heteroatoms. The first kappa shape index (κ1) is 18.8. The van der Waals surface area contributed by atoms with Crippen LogP contribution in [-0.4, -0.2) is 59.4 Å². The van der Waals surface area contributed by atoms with Crippen LogP contribution in [0.5, 0.6) is 5.75 Å². The van der Waals surface area contributed by atoms with Crippen molar-refractivity contribution < 1.29 is 14.3 Å².